The van der Waals surface area contributed by atoms with Crippen molar-refractivity contribution in [1.29, 1.82) is 0 Å². The Balaban J connectivity index is 1.46. The summed E-state index contributed by atoms with van der Waals surface area (Å²) in [4.78, 5) is 16.6. The quantitative estimate of drug-likeness (QED) is 0.890. The third-order valence-corrected chi connectivity index (χ3v) is 4.97. The summed E-state index contributed by atoms with van der Waals surface area (Å²) in [5, 5.41) is 3.03. The first-order valence-corrected chi connectivity index (χ1v) is 9.12. The maximum atomic E-state index is 13.9. The third-order valence-electron chi connectivity index (χ3n) is 4.97. The summed E-state index contributed by atoms with van der Waals surface area (Å²) in [5.41, 5.74) is 3.75. The van der Waals surface area contributed by atoms with Gasteiger partial charge >= 0.3 is 0 Å². The highest BCUT2D eigenvalue weighted by molar-refractivity contribution is 5.92. The minimum atomic E-state index is -0.172. The van der Waals surface area contributed by atoms with Crippen LogP contribution in [0.25, 0.3) is 0 Å². The molecule has 1 amide bonds. The lowest BCUT2D eigenvalue weighted by Crippen LogP contribution is -2.47. The van der Waals surface area contributed by atoms with Crippen molar-refractivity contribution in [2.75, 3.05) is 42.9 Å². The molecule has 138 valence electrons. The van der Waals surface area contributed by atoms with Crippen molar-refractivity contribution in [1.82, 2.24) is 4.90 Å². The van der Waals surface area contributed by atoms with Gasteiger partial charge in [0.25, 0.3) is 0 Å². The summed E-state index contributed by atoms with van der Waals surface area (Å²) < 4.78 is 13.9. The molecule has 1 aliphatic rings. The van der Waals surface area contributed by atoms with E-state index < -0.39 is 0 Å². The molecule has 1 aliphatic heterocycles. The Morgan fingerprint density at radius 3 is 2.31 bits per heavy atom. The molecule has 1 fully saturated rings. The van der Waals surface area contributed by atoms with Crippen molar-refractivity contribution in [3.63, 3.8) is 0 Å². The summed E-state index contributed by atoms with van der Waals surface area (Å²) >= 11 is 0. The number of nitrogens with one attached hydrogen (secondary N) is 1. The molecule has 0 bridgehead atoms. The van der Waals surface area contributed by atoms with Crippen LogP contribution in [0.5, 0.6) is 0 Å². The fourth-order valence-corrected chi connectivity index (χ4v) is 3.39. The number of rotatable bonds is 5. The fourth-order valence-electron chi connectivity index (χ4n) is 3.39. The van der Waals surface area contributed by atoms with Crippen LogP contribution in [0.3, 0.4) is 0 Å². The number of nitrogens with zero attached hydrogens (tertiary/aromatic N) is 2. The highest BCUT2D eigenvalue weighted by Crippen LogP contribution is 2.21. The van der Waals surface area contributed by atoms with Crippen molar-refractivity contribution in [2.24, 2.45) is 0 Å². The molecule has 4 nitrogen and oxygen atoms in total. The topological polar surface area (TPSA) is 35.6 Å². The van der Waals surface area contributed by atoms with Crippen LogP contribution in [0.15, 0.2) is 42.5 Å². The molecule has 5 heteroatoms. The van der Waals surface area contributed by atoms with Gasteiger partial charge < -0.3 is 10.2 Å². The molecule has 0 aliphatic carbocycles. The average Bonchev–Trinajstić information content (AvgIpc) is 2.64. The first kappa shape index (κ1) is 18.4. The molecule has 0 aromatic heterocycles. The Bertz CT molecular complexity index is 749. The maximum Gasteiger partial charge on any atom is 0.225 e. The number of piperazine rings is 1. The lowest BCUT2D eigenvalue weighted by molar-refractivity contribution is -0.116. The van der Waals surface area contributed by atoms with E-state index in [2.05, 4.69) is 15.1 Å². The summed E-state index contributed by atoms with van der Waals surface area (Å²) in [7, 11) is 0. The van der Waals surface area contributed by atoms with Gasteiger partial charge in [-0.1, -0.05) is 30.3 Å². The van der Waals surface area contributed by atoms with Crippen LogP contribution in [-0.2, 0) is 4.79 Å². The highest BCUT2D eigenvalue weighted by atomic mass is 19.1. The second-order valence-electron chi connectivity index (χ2n) is 6.85. The molecule has 3 rings (SSSR count). The number of benzene rings is 2. The van der Waals surface area contributed by atoms with E-state index in [0.29, 0.717) is 12.1 Å². The smallest absolute Gasteiger partial charge is 0.225 e. The van der Waals surface area contributed by atoms with Crippen LogP contribution >= 0.6 is 0 Å². The molecular formula is C21H26FN3O. The lowest BCUT2D eigenvalue weighted by atomic mass is 10.1. The van der Waals surface area contributed by atoms with Gasteiger partial charge in [-0.25, -0.2) is 4.39 Å². The monoisotopic (exact) mass is 355 g/mol. The molecule has 0 unspecified atom stereocenters. The Labute approximate surface area is 154 Å². The second kappa shape index (κ2) is 8.32. The standard InChI is InChI=1S/C21H26FN3O/c1-16-6-5-7-17(2)21(16)23-20(26)10-11-24-12-14-25(15-13-24)19-9-4-3-8-18(19)22/h3-9H,10-15H2,1-2H3,(H,23,26). The number of carbonyl (C=O) groups is 1. The number of anilines is 2. The van der Waals surface area contributed by atoms with Gasteiger partial charge in [0, 0.05) is 44.8 Å². The van der Waals surface area contributed by atoms with E-state index in [9.17, 15) is 9.18 Å². The molecule has 1 N–H and O–H groups in total. The number of halogens is 1. The number of amides is 1. The average molecular weight is 355 g/mol. The third kappa shape index (κ3) is 4.41. The van der Waals surface area contributed by atoms with E-state index in [1.54, 1.807) is 6.07 Å². The maximum absolute atomic E-state index is 13.9. The van der Waals surface area contributed by atoms with Gasteiger partial charge in [0.1, 0.15) is 5.82 Å². The number of hydrogen-bond acceptors (Lipinski definition) is 3. The zero-order valence-electron chi connectivity index (χ0n) is 15.5. The van der Waals surface area contributed by atoms with E-state index in [1.165, 1.54) is 6.07 Å². The zero-order chi connectivity index (χ0) is 18.5. The number of aryl methyl sites for hydroxylation is 2. The van der Waals surface area contributed by atoms with Gasteiger partial charge in [-0.3, -0.25) is 9.69 Å². The van der Waals surface area contributed by atoms with Crippen molar-refractivity contribution < 1.29 is 9.18 Å². The van der Waals surface area contributed by atoms with Crippen LogP contribution in [0.1, 0.15) is 17.5 Å². The van der Waals surface area contributed by atoms with Gasteiger partial charge in [0.05, 0.1) is 5.69 Å². The molecule has 1 saturated heterocycles. The van der Waals surface area contributed by atoms with E-state index >= 15 is 0 Å². The molecule has 2 aromatic rings. The van der Waals surface area contributed by atoms with Crippen molar-refractivity contribution >= 4 is 17.3 Å². The van der Waals surface area contributed by atoms with Gasteiger partial charge in [-0.2, -0.15) is 0 Å². The predicted molar refractivity (Wildman–Crippen MR) is 104 cm³/mol. The minimum absolute atomic E-state index is 0.0407. The summed E-state index contributed by atoms with van der Waals surface area (Å²) in [6, 6.07) is 12.9. The van der Waals surface area contributed by atoms with Crippen LogP contribution in [0.2, 0.25) is 0 Å². The molecule has 1 heterocycles. The molecule has 0 spiro atoms. The largest absolute Gasteiger partial charge is 0.367 e. The first-order valence-electron chi connectivity index (χ1n) is 9.12. The predicted octanol–water partition coefficient (Wildman–Crippen LogP) is 3.59. The fraction of sp³-hybridized carbons (Fsp3) is 0.381. The zero-order valence-corrected chi connectivity index (χ0v) is 15.5. The molecule has 26 heavy (non-hydrogen) atoms. The molecular weight excluding hydrogens is 329 g/mol. The summed E-state index contributed by atoms with van der Waals surface area (Å²) in [5.74, 6) is -0.132. The Hall–Kier alpha value is -2.40. The van der Waals surface area contributed by atoms with Crippen molar-refractivity contribution in [3.8, 4) is 0 Å². The highest BCUT2D eigenvalue weighted by Gasteiger charge is 2.19. The first-order chi connectivity index (χ1) is 12.5. The van der Waals surface area contributed by atoms with E-state index in [1.807, 2.05) is 44.2 Å². The Morgan fingerprint density at radius 2 is 1.65 bits per heavy atom. The summed E-state index contributed by atoms with van der Waals surface area (Å²) in [6.07, 6.45) is 0.466. The van der Waals surface area contributed by atoms with Crippen molar-refractivity contribution in [2.45, 2.75) is 20.3 Å². The van der Waals surface area contributed by atoms with Gasteiger partial charge in [0.15, 0.2) is 0 Å². The van der Waals surface area contributed by atoms with Crippen LogP contribution in [-0.4, -0.2) is 43.5 Å². The Morgan fingerprint density at radius 1 is 1.00 bits per heavy atom. The van der Waals surface area contributed by atoms with E-state index in [0.717, 1.165) is 49.5 Å². The number of carbonyl (C=O) groups excluding carboxylic acids is 1. The molecule has 2 aromatic carbocycles. The molecule has 0 saturated carbocycles. The summed E-state index contributed by atoms with van der Waals surface area (Å²) in [6.45, 7) is 7.96. The van der Waals surface area contributed by atoms with Gasteiger partial charge in [0.2, 0.25) is 5.91 Å². The molecule has 0 atom stereocenters. The van der Waals surface area contributed by atoms with Crippen LogP contribution in [0.4, 0.5) is 15.8 Å². The van der Waals surface area contributed by atoms with Gasteiger partial charge in [-0.15, -0.1) is 0 Å². The van der Waals surface area contributed by atoms with Crippen molar-refractivity contribution in [3.05, 3.63) is 59.4 Å². The number of para-hydroxylation sites is 2. The van der Waals surface area contributed by atoms with E-state index in [-0.39, 0.29) is 11.7 Å². The normalized spacial score (nSPS) is 15.1. The second-order valence-corrected chi connectivity index (χ2v) is 6.85. The number of hydrogen-bond donors (Lipinski definition) is 1. The lowest BCUT2D eigenvalue weighted by Gasteiger charge is -2.36. The minimum Gasteiger partial charge on any atom is -0.367 e. The van der Waals surface area contributed by atoms with E-state index in [4.69, 9.17) is 0 Å². The Kier molecular flexibility index (Phi) is 5.89. The molecule has 0 radical (unpaired) electrons. The van der Waals surface area contributed by atoms with Gasteiger partial charge in [-0.05, 0) is 37.1 Å². The van der Waals surface area contributed by atoms with Crippen LogP contribution in [0, 0.1) is 19.7 Å². The van der Waals surface area contributed by atoms with Crippen LogP contribution < -0.4 is 10.2 Å². The SMILES string of the molecule is Cc1cccc(C)c1NC(=O)CCN1CCN(c2ccccc2F)CC1.